The number of carbonyl (C=O) groups excluding carboxylic acids is 1. The number of rotatable bonds is 9. The topological polar surface area (TPSA) is 17.1 Å². The molecule has 0 atom stereocenters. The molecule has 0 N–H and O–H groups in total. The predicted octanol–water partition coefficient (Wildman–Crippen LogP) is 7.65. The zero-order chi connectivity index (χ0) is 17.9. The van der Waals surface area contributed by atoms with Gasteiger partial charge in [0.2, 0.25) is 0 Å². The van der Waals surface area contributed by atoms with E-state index in [4.69, 9.17) is 0 Å². The van der Waals surface area contributed by atoms with Gasteiger partial charge in [0, 0.05) is 0 Å². The van der Waals surface area contributed by atoms with Crippen LogP contribution in [0.3, 0.4) is 0 Å². The van der Waals surface area contributed by atoms with Crippen LogP contribution in [0.25, 0.3) is 29.8 Å². The summed E-state index contributed by atoms with van der Waals surface area (Å²) in [5.41, 5.74) is 0. The molecule has 4 heteroatoms. The molecule has 0 saturated carbocycles. The van der Waals surface area contributed by atoms with Crippen molar-refractivity contribution >= 4 is 72.8 Å². The first-order valence-corrected chi connectivity index (χ1v) is 13.1. The molecule has 0 aliphatic heterocycles. The molecular weight excluding hydrogens is 423 g/mol. The molecule has 0 unspecified atom stereocenters. The number of thiophene rings is 2. The van der Waals surface area contributed by atoms with Gasteiger partial charge in [-0.1, -0.05) is 0 Å². The van der Waals surface area contributed by atoms with Crippen molar-refractivity contribution in [1.82, 2.24) is 0 Å². The van der Waals surface area contributed by atoms with Gasteiger partial charge in [0.05, 0.1) is 0 Å². The fraction of sp³-hybridized carbons (Fsp3) is 0.409. The molecule has 4 rings (SSSR count). The van der Waals surface area contributed by atoms with Crippen LogP contribution < -0.4 is 0 Å². The van der Waals surface area contributed by atoms with Crippen molar-refractivity contribution in [3.8, 4) is 0 Å². The fourth-order valence-electron chi connectivity index (χ4n) is 3.66. The number of unbranched alkanes of at least 4 members (excludes halogenated alkanes) is 6. The molecule has 0 saturated heterocycles. The fourth-order valence-corrected chi connectivity index (χ4v) is 8.26. The molecule has 0 amide bonds. The molecule has 3 aromatic heterocycles. The molecule has 136 valence electrons. The van der Waals surface area contributed by atoms with Crippen molar-refractivity contribution in [2.24, 2.45) is 0 Å². The Morgan fingerprint density at radius 1 is 0.885 bits per heavy atom. The van der Waals surface area contributed by atoms with Crippen LogP contribution in [0.5, 0.6) is 0 Å². The standard InChI is InChI=1S/C22H24OS2Se/c1-2-3-4-5-6-7-8-9-18(23)19-14-17-15-10-12-24-20(15)21-16(11-13-25-21)22(17)26-19/h10-14H,2-9H2,1H3. The average Bonchev–Trinajstić information content (AvgIpc) is 3.37. The maximum absolute atomic E-state index is 12.8. The predicted molar refractivity (Wildman–Crippen MR) is 119 cm³/mol. The molecule has 4 aromatic rings. The number of fused-ring (bicyclic) bond motifs is 6. The quantitative estimate of drug-likeness (QED) is 0.146. The molecule has 0 radical (unpaired) electrons. The first-order chi connectivity index (χ1) is 12.8. The van der Waals surface area contributed by atoms with E-state index in [-0.39, 0.29) is 14.5 Å². The van der Waals surface area contributed by atoms with Crippen molar-refractivity contribution in [2.75, 3.05) is 0 Å². The Morgan fingerprint density at radius 2 is 1.54 bits per heavy atom. The third-order valence-corrected chi connectivity index (χ3v) is 9.62. The van der Waals surface area contributed by atoms with Crippen molar-refractivity contribution in [1.29, 1.82) is 0 Å². The van der Waals surface area contributed by atoms with Crippen LogP contribution in [0, 0.1) is 0 Å². The van der Waals surface area contributed by atoms with Crippen LogP contribution in [0.4, 0.5) is 0 Å². The molecule has 0 fully saturated rings. The summed E-state index contributed by atoms with van der Waals surface area (Å²) in [4.78, 5) is 12.8. The first kappa shape index (κ1) is 18.4. The molecule has 1 aromatic carbocycles. The Hall–Kier alpha value is -0.931. The van der Waals surface area contributed by atoms with Crippen LogP contribution in [0.15, 0.2) is 29.0 Å². The Labute approximate surface area is 168 Å². The van der Waals surface area contributed by atoms with Crippen LogP contribution in [0.2, 0.25) is 0 Å². The summed E-state index contributed by atoms with van der Waals surface area (Å²) in [5.74, 6) is 0.390. The van der Waals surface area contributed by atoms with Crippen LogP contribution >= 0.6 is 22.7 Å². The number of Topliss-reactive ketones (excluding diaryl/α,β-unsaturated/α-hetero) is 1. The minimum atomic E-state index is 0.170. The second-order valence-electron chi connectivity index (χ2n) is 6.97. The van der Waals surface area contributed by atoms with Gasteiger partial charge in [-0.2, -0.15) is 0 Å². The summed E-state index contributed by atoms with van der Waals surface area (Å²) < 4.78 is 5.32. The number of ketones is 1. The van der Waals surface area contributed by atoms with Crippen molar-refractivity contribution in [3.05, 3.63) is 33.4 Å². The van der Waals surface area contributed by atoms with Crippen LogP contribution in [-0.4, -0.2) is 20.3 Å². The molecular formula is C22H24OS2Se. The Morgan fingerprint density at radius 3 is 2.31 bits per heavy atom. The summed E-state index contributed by atoms with van der Waals surface area (Å²) >= 11 is 3.83. The van der Waals surface area contributed by atoms with Gasteiger partial charge in [0.25, 0.3) is 0 Å². The van der Waals surface area contributed by atoms with Gasteiger partial charge < -0.3 is 0 Å². The van der Waals surface area contributed by atoms with Crippen molar-refractivity contribution in [3.63, 3.8) is 0 Å². The van der Waals surface area contributed by atoms with E-state index < -0.39 is 0 Å². The Kier molecular flexibility index (Phi) is 5.95. The number of carbonyl (C=O) groups is 1. The summed E-state index contributed by atoms with van der Waals surface area (Å²) in [6, 6.07) is 6.69. The SMILES string of the molecule is CCCCCCCCCC(=O)c1cc2c3ccsc3c3sccc3c2[se]1. The molecule has 3 heterocycles. The number of benzene rings is 1. The Bertz CT molecular complexity index is 969. The molecule has 0 aliphatic rings. The zero-order valence-corrected chi connectivity index (χ0v) is 18.5. The summed E-state index contributed by atoms with van der Waals surface area (Å²) in [6.07, 6.45) is 9.58. The second-order valence-corrected chi connectivity index (χ2v) is 11.0. The summed E-state index contributed by atoms with van der Waals surface area (Å²) in [6.45, 7) is 2.25. The number of hydrogen-bond donors (Lipinski definition) is 0. The number of hydrogen-bond acceptors (Lipinski definition) is 3. The van der Waals surface area contributed by atoms with Crippen molar-refractivity contribution < 1.29 is 4.79 Å². The average molecular weight is 448 g/mol. The molecule has 0 aliphatic carbocycles. The van der Waals surface area contributed by atoms with Gasteiger partial charge in [0.1, 0.15) is 0 Å². The molecule has 0 bridgehead atoms. The third kappa shape index (κ3) is 3.57. The van der Waals surface area contributed by atoms with Gasteiger partial charge in [-0.15, -0.1) is 0 Å². The van der Waals surface area contributed by atoms with Crippen molar-refractivity contribution in [2.45, 2.75) is 58.3 Å². The third-order valence-electron chi connectivity index (χ3n) is 5.09. The van der Waals surface area contributed by atoms with E-state index in [1.54, 1.807) is 0 Å². The van der Waals surface area contributed by atoms with E-state index in [9.17, 15) is 4.79 Å². The van der Waals surface area contributed by atoms with Gasteiger partial charge >= 0.3 is 169 Å². The van der Waals surface area contributed by atoms with E-state index in [0.717, 1.165) is 17.3 Å². The van der Waals surface area contributed by atoms with Gasteiger partial charge in [0.15, 0.2) is 0 Å². The van der Waals surface area contributed by atoms with Gasteiger partial charge in [-0.25, -0.2) is 0 Å². The summed E-state index contributed by atoms with van der Waals surface area (Å²) in [5, 5.41) is 8.44. The maximum atomic E-state index is 12.8. The Balaban J connectivity index is 1.50. The monoisotopic (exact) mass is 448 g/mol. The van der Waals surface area contributed by atoms with Gasteiger partial charge in [-0.3, -0.25) is 0 Å². The summed E-state index contributed by atoms with van der Waals surface area (Å²) in [7, 11) is 0. The minimum absolute atomic E-state index is 0.170. The van der Waals surface area contributed by atoms with Crippen LogP contribution in [0.1, 0.15) is 67.5 Å². The van der Waals surface area contributed by atoms with E-state index in [1.807, 2.05) is 22.7 Å². The normalized spacial score (nSPS) is 11.9. The van der Waals surface area contributed by atoms with E-state index in [2.05, 4.69) is 35.9 Å². The van der Waals surface area contributed by atoms with E-state index in [1.165, 1.54) is 68.3 Å². The molecule has 0 spiro atoms. The van der Waals surface area contributed by atoms with Crippen LogP contribution in [-0.2, 0) is 0 Å². The van der Waals surface area contributed by atoms with E-state index in [0.29, 0.717) is 5.78 Å². The van der Waals surface area contributed by atoms with E-state index >= 15 is 0 Å². The van der Waals surface area contributed by atoms with Gasteiger partial charge in [-0.05, 0) is 0 Å². The zero-order valence-electron chi connectivity index (χ0n) is 15.2. The molecule has 1 nitrogen and oxygen atoms in total. The second kappa shape index (κ2) is 8.39. The molecule has 26 heavy (non-hydrogen) atoms. The first-order valence-electron chi connectivity index (χ1n) is 9.62.